The highest BCUT2D eigenvalue weighted by molar-refractivity contribution is 7.89. The molecule has 1 atom stereocenters. The lowest BCUT2D eigenvalue weighted by atomic mass is 9.95. The van der Waals surface area contributed by atoms with Gasteiger partial charge in [0.15, 0.2) is 6.10 Å². The first kappa shape index (κ1) is 27.7. The van der Waals surface area contributed by atoms with Crippen LogP contribution in [-0.4, -0.2) is 63.9 Å². The summed E-state index contributed by atoms with van der Waals surface area (Å²) in [6.45, 7) is 1.02. The molecule has 0 spiro atoms. The zero-order valence-corrected chi connectivity index (χ0v) is 23.2. The number of amides is 2. The van der Waals surface area contributed by atoms with E-state index in [4.69, 9.17) is 9.47 Å². The molecule has 2 heterocycles. The molecule has 2 aliphatic rings. The molecule has 0 aromatic heterocycles. The van der Waals surface area contributed by atoms with Gasteiger partial charge in [0.2, 0.25) is 15.9 Å². The van der Waals surface area contributed by atoms with Crippen LogP contribution in [0.25, 0.3) is 0 Å². The van der Waals surface area contributed by atoms with Gasteiger partial charge in [0.1, 0.15) is 11.5 Å². The highest BCUT2D eigenvalue weighted by Gasteiger charge is 2.39. The predicted octanol–water partition coefficient (Wildman–Crippen LogP) is 3.25. The number of anilines is 1. The molecule has 210 valence electrons. The van der Waals surface area contributed by atoms with E-state index in [2.05, 4.69) is 5.32 Å². The first-order valence-electron chi connectivity index (χ1n) is 13.4. The van der Waals surface area contributed by atoms with Crippen molar-refractivity contribution in [3.8, 4) is 11.5 Å². The van der Waals surface area contributed by atoms with E-state index in [-0.39, 0.29) is 42.3 Å². The molecule has 5 rings (SSSR count). The molecule has 3 aromatic carbocycles. The summed E-state index contributed by atoms with van der Waals surface area (Å²) in [6, 6.07) is 23.4. The number of nitrogens with one attached hydrogen (secondary N) is 1. The van der Waals surface area contributed by atoms with Crippen molar-refractivity contribution in [2.45, 2.75) is 30.3 Å². The summed E-state index contributed by atoms with van der Waals surface area (Å²) in [5.41, 5.74) is 1.74. The van der Waals surface area contributed by atoms with E-state index in [0.717, 1.165) is 5.56 Å². The number of carbonyl (C=O) groups excluding carboxylic acids is 2. The molecule has 2 aliphatic heterocycles. The van der Waals surface area contributed by atoms with Gasteiger partial charge in [0.05, 0.1) is 24.2 Å². The van der Waals surface area contributed by atoms with E-state index in [0.29, 0.717) is 43.0 Å². The minimum atomic E-state index is -3.68. The third kappa shape index (κ3) is 5.97. The van der Waals surface area contributed by atoms with Gasteiger partial charge in [-0.2, -0.15) is 4.31 Å². The van der Waals surface area contributed by atoms with E-state index in [1.807, 2.05) is 36.4 Å². The van der Waals surface area contributed by atoms with Gasteiger partial charge in [-0.1, -0.05) is 42.5 Å². The maximum absolute atomic E-state index is 13.7. The molecule has 1 saturated heterocycles. The Balaban J connectivity index is 1.23. The van der Waals surface area contributed by atoms with Crippen LogP contribution in [0, 0.1) is 5.92 Å². The normalized spacial score (nSPS) is 17.9. The molecule has 10 heteroatoms. The molecule has 40 heavy (non-hydrogen) atoms. The zero-order valence-electron chi connectivity index (χ0n) is 22.4. The van der Waals surface area contributed by atoms with Crippen molar-refractivity contribution >= 4 is 27.5 Å². The van der Waals surface area contributed by atoms with Crippen LogP contribution in [0.1, 0.15) is 18.4 Å². The molecule has 3 aromatic rings. The summed E-state index contributed by atoms with van der Waals surface area (Å²) in [5, 5.41) is 2.93. The summed E-state index contributed by atoms with van der Waals surface area (Å²) >= 11 is 0. The van der Waals surface area contributed by atoms with Gasteiger partial charge < -0.3 is 19.7 Å². The van der Waals surface area contributed by atoms with Gasteiger partial charge in [0.25, 0.3) is 5.91 Å². The number of piperidine rings is 1. The molecule has 0 unspecified atom stereocenters. The SMILES string of the molecule is COc1ccc(S(=O)(=O)N2CCC(C(=O)N3C[C@H](C(=O)NCCc4ccccc4)Oc4ccccc43)CC2)cc1. The van der Waals surface area contributed by atoms with Gasteiger partial charge in [-0.05, 0) is 61.2 Å². The fraction of sp³-hybridized carbons (Fsp3) is 0.333. The zero-order chi connectivity index (χ0) is 28.1. The number of hydrogen-bond acceptors (Lipinski definition) is 6. The fourth-order valence-electron chi connectivity index (χ4n) is 5.13. The highest BCUT2D eigenvalue weighted by atomic mass is 32.2. The maximum Gasteiger partial charge on any atom is 0.262 e. The Morgan fingerprint density at radius 1 is 0.950 bits per heavy atom. The van der Waals surface area contributed by atoms with E-state index in [9.17, 15) is 18.0 Å². The highest BCUT2D eigenvalue weighted by Crippen LogP contribution is 2.36. The van der Waals surface area contributed by atoms with Crippen molar-refractivity contribution in [3.05, 3.63) is 84.4 Å². The second-order valence-corrected chi connectivity index (χ2v) is 11.8. The lowest BCUT2D eigenvalue weighted by Crippen LogP contribution is -2.53. The van der Waals surface area contributed by atoms with Crippen LogP contribution in [0.2, 0.25) is 0 Å². The fourth-order valence-corrected chi connectivity index (χ4v) is 6.60. The minimum Gasteiger partial charge on any atom is -0.497 e. The van der Waals surface area contributed by atoms with Crippen LogP contribution < -0.4 is 19.7 Å². The van der Waals surface area contributed by atoms with Crippen molar-refractivity contribution in [2.24, 2.45) is 5.92 Å². The van der Waals surface area contributed by atoms with E-state index < -0.39 is 16.1 Å². The smallest absolute Gasteiger partial charge is 0.262 e. The number of para-hydroxylation sites is 2. The average Bonchev–Trinajstić information content (AvgIpc) is 3.00. The van der Waals surface area contributed by atoms with Crippen molar-refractivity contribution in [2.75, 3.05) is 38.2 Å². The summed E-state index contributed by atoms with van der Waals surface area (Å²) < 4.78 is 38.8. The monoisotopic (exact) mass is 563 g/mol. The maximum atomic E-state index is 13.7. The Morgan fingerprint density at radius 3 is 2.33 bits per heavy atom. The van der Waals surface area contributed by atoms with Gasteiger partial charge in [-0.15, -0.1) is 0 Å². The number of ether oxygens (including phenoxy) is 2. The number of carbonyl (C=O) groups is 2. The summed E-state index contributed by atoms with van der Waals surface area (Å²) in [7, 11) is -2.15. The van der Waals surface area contributed by atoms with Crippen LogP contribution in [0.5, 0.6) is 11.5 Å². The summed E-state index contributed by atoms with van der Waals surface area (Å²) in [4.78, 5) is 28.6. The molecule has 1 N–H and O–H groups in total. The first-order chi connectivity index (χ1) is 19.4. The molecule has 0 bridgehead atoms. The van der Waals surface area contributed by atoms with Crippen LogP contribution in [0.4, 0.5) is 5.69 Å². The Labute approximate surface area is 234 Å². The quantitative estimate of drug-likeness (QED) is 0.451. The van der Waals surface area contributed by atoms with Crippen molar-refractivity contribution < 1.29 is 27.5 Å². The molecule has 0 aliphatic carbocycles. The van der Waals surface area contributed by atoms with Crippen molar-refractivity contribution in [1.29, 1.82) is 0 Å². The van der Waals surface area contributed by atoms with E-state index in [1.165, 1.54) is 23.5 Å². The average molecular weight is 564 g/mol. The number of hydrogen-bond donors (Lipinski definition) is 1. The van der Waals surface area contributed by atoms with Crippen molar-refractivity contribution in [3.63, 3.8) is 0 Å². The van der Waals surface area contributed by atoms with E-state index in [1.54, 1.807) is 35.2 Å². The standard InChI is InChI=1S/C30H33N3O6S/c1-38-24-11-13-25(14-12-24)40(36,37)32-19-16-23(17-20-32)30(35)33-21-28(39-27-10-6-5-9-26(27)33)29(34)31-18-15-22-7-3-2-4-8-22/h2-14,23,28H,15-21H2,1H3,(H,31,34)/t28-/m1/s1. The lowest BCUT2D eigenvalue weighted by Gasteiger charge is -2.38. The summed E-state index contributed by atoms with van der Waals surface area (Å²) in [6.07, 6.45) is 0.630. The Bertz CT molecular complexity index is 1440. The molecule has 9 nitrogen and oxygen atoms in total. The summed E-state index contributed by atoms with van der Waals surface area (Å²) in [5.74, 6) is 0.292. The third-order valence-corrected chi connectivity index (χ3v) is 9.30. The van der Waals surface area contributed by atoms with Crippen LogP contribution in [-0.2, 0) is 26.0 Å². The Hall–Kier alpha value is -3.89. The van der Waals surface area contributed by atoms with Crippen molar-refractivity contribution in [1.82, 2.24) is 9.62 Å². The number of fused-ring (bicyclic) bond motifs is 1. The second-order valence-electron chi connectivity index (χ2n) is 9.90. The topological polar surface area (TPSA) is 105 Å². The predicted molar refractivity (Wildman–Crippen MR) is 151 cm³/mol. The minimum absolute atomic E-state index is 0.0946. The van der Waals surface area contributed by atoms with Gasteiger partial charge >= 0.3 is 0 Å². The van der Waals surface area contributed by atoms with Crippen LogP contribution in [0.15, 0.2) is 83.8 Å². The molecular weight excluding hydrogens is 530 g/mol. The van der Waals surface area contributed by atoms with Gasteiger partial charge in [-0.25, -0.2) is 8.42 Å². The number of benzene rings is 3. The molecule has 0 radical (unpaired) electrons. The number of sulfonamides is 1. The molecular formula is C30H33N3O6S. The van der Waals surface area contributed by atoms with Gasteiger partial charge in [-0.3, -0.25) is 9.59 Å². The number of methoxy groups -OCH3 is 1. The number of rotatable bonds is 8. The molecule has 0 saturated carbocycles. The Kier molecular flexibility index (Phi) is 8.37. The first-order valence-corrected chi connectivity index (χ1v) is 14.8. The van der Waals surface area contributed by atoms with Crippen LogP contribution in [0.3, 0.4) is 0 Å². The second kappa shape index (κ2) is 12.1. The van der Waals surface area contributed by atoms with E-state index >= 15 is 0 Å². The largest absolute Gasteiger partial charge is 0.497 e. The lowest BCUT2D eigenvalue weighted by molar-refractivity contribution is -0.129. The molecule has 1 fully saturated rings. The molecule has 2 amide bonds. The number of nitrogens with zero attached hydrogens (tertiary/aromatic N) is 2. The van der Waals surface area contributed by atoms with Crippen LogP contribution >= 0.6 is 0 Å². The Morgan fingerprint density at radius 2 is 1.62 bits per heavy atom. The third-order valence-electron chi connectivity index (χ3n) is 7.39. The van der Waals surface area contributed by atoms with Gasteiger partial charge in [0, 0.05) is 25.6 Å².